The predicted octanol–water partition coefficient (Wildman–Crippen LogP) is 1.80. The highest BCUT2D eigenvalue weighted by Crippen LogP contribution is 2.17. The normalized spacial score (nSPS) is 11.2. The third-order valence-corrected chi connectivity index (χ3v) is 2.93. The van der Waals surface area contributed by atoms with Crippen LogP contribution >= 0.6 is 0 Å². The van der Waals surface area contributed by atoms with Crippen LogP contribution in [0.2, 0.25) is 0 Å². The van der Waals surface area contributed by atoms with Gasteiger partial charge in [0.1, 0.15) is 0 Å². The van der Waals surface area contributed by atoms with E-state index in [0.29, 0.717) is 19.8 Å². The fraction of sp³-hybridized carbons (Fsp3) is 0.429. The number of aliphatic hydroxyl groups excluding tert-OH is 1. The zero-order valence-electron chi connectivity index (χ0n) is 10.6. The van der Waals surface area contributed by atoms with Gasteiger partial charge in [-0.2, -0.15) is 0 Å². The molecule has 2 aromatic rings. The predicted molar refractivity (Wildman–Crippen MR) is 70.6 cm³/mol. The molecule has 0 aliphatic heterocycles. The van der Waals surface area contributed by atoms with Gasteiger partial charge in [0.05, 0.1) is 26.4 Å². The molecular formula is C14H19NO3. The molecule has 0 spiro atoms. The van der Waals surface area contributed by atoms with Crippen molar-refractivity contribution in [3.63, 3.8) is 0 Å². The maximum Gasteiger partial charge on any atom is 0.0701 e. The molecule has 1 aromatic heterocycles. The van der Waals surface area contributed by atoms with Crippen molar-refractivity contribution in [2.75, 3.05) is 26.9 Å². The van der Waals surface area contributed by atoms with Crippen LogP contribution in [-0.4, -0.2) is 36.6 Å². The van der Waals surface area contributed by atoms with E-state index in [4.69, 9.17) is 14.6 Å². The first-order chi connectivity index (χ1) is 8.85. The topological polar surface area (TPSA) is 43.6 Å². The molecule has 18 heavy (non-hydrogen) atoms. The summed E-state index contributed by atoms with van der Waals surface area (Å²) in [5.41, 5.74) is 2.07. The Morgan fingerprint density at radius 2 is 2.06 bits per heavy atom. The molecule has 0 atom stereocenters. The lowest BCUT2D eigenvalue weighted by Crippen LogP contribution is -2.08. The molecule has 0 aliphatic carbocycles. The van der Waals surface area contributed by atoms with Crippen molar-refractivity contribution in [3.05, 3.63) is 36.0 Å². The smallest absolute Gasteiger partial charge is 0.0701 e. The molecule has 2 rings (SSSR count). The number of nitrogens with zero attached hydrogens (tertiary/aromatic N) is 1. The average Bonchev–Trinajstić information content (AvgIpc) is 2.81. The molecule has 0 saturated heterocycles. The van der Waals surface area contributed by atoms with E-state index < -0.39 is 0 Å². The van der Waals surface area contributed by atoms with Gasteiger partial charge in [-0.05, 0) is 23.1 Å². The number of ether oxygens (including phenoxy) is 2. The summed E-state index contributed by atoms with van der Waals surface area (Å²) in [5, 5.41) is 10.3. The lowest BCUT2D eigenvalue weighted by atomic mass is 10.2. The van der Waals surface area contributed by atoms with Crippen molar-refractivity contribution >= 4 is 10.9 Å². The third-order valence-electron chi connectivity index (χ3n) is 2.93. The molecule has 98 valence electrons. The van der Waals surface area contributed by atoms with Gasteiger partial charge in [0.25, 0.3) is 0 Å². The lowest BCUT2D eigenvalue weighted by Gasteiger charge is -2.07. The van der Waals surface area contributed by atoms with E-state index in [1.807, 2.05) is 24.4 Å². The summed E-state index contributed by atoms with van der Waals surface area (Å²) in [4.78, 5) is 0. The first-order valence-electron chi connectivity index (χ1n) is 6.10. The fourth-order valence-electron chi connectivity index (χ4n) is 1.93. The van der Waals surface area contributed by atoms with E-state index in [1.165, 1.54) is 5.39 Å². The monoisotopic (exact) mass is 249 g/mol. The Balaban J connectivity index is 1.99. The zero-order valence-corrected chi connectivity index (χ0v) is 10.6. The second-order valence-corrected chi connectivity index (χ2v) is 4.17. The third kappa shape index (κ3) is 3.10. The van der Waals surface area contributed by atoms with Crippen molar-refractivity contribution in [1.29, 1.82) is 0 Å². The van der Waals surface area contributed by atoms with E-state index in [0.717, 1.165) is 17.6 Å². The summed E-state index contributed by atoms with van der Waals surface area (Å²) in [6.07, 6.45) is 2.05. The standard InChI is InChI=1S/C14H19NO3/c1-17-8-9-18-7-6-15-5-4-13-3-2-12(11-16)10-14(13)15/h2-5,10,16H,6-9,11H2,1H3. The number of hydrogen-bond acceptors (Lipinski definition) is 3. The first kappa shape index (κ1) is 13.1. The van der Waals surface area contributed by atoms with E-state index in [9.17, 15) is 0 Å². The second-order valence-electron chi connectivity index (χ2n) is 4.17. The molecule has 0 bridgehead atoms. The maximum absolute atomic E-state index is 9.15. The van der Waals surface area contributed by atoms with Crippen LogP contribution in [0.4, 0.5) is 0 Å². The summed E-state index contributed by atoms with van der Waals surface area (Å²) in [5.74, 6) is 0. The molecule has 0 aliphatic rings. The summed E-state index contributed by atoms with van der Waals surface area (Å²) in [6, 6.07) is 8.07. The van der Waals surface area contributed by atoms with Crippen LogP contribution in [0, 0.1) is 0 Å². The molecule has 0 unspecified atom stereocenters. The van der Waals surface area contributed by atoms with Crippen molar-refractivity contribution in [2.24, 2.45) is 0 Å². The number of hydrogen-bond donors (Lipinski definition) is 1. The van der Waals surface area contributed by atoms with Crippen molar-refractivity contribution in [2.45, 2.75) is 13.2 Å². The minimum atomic E-state index is 0.0749. The average molecular weight is 249 g/mol. The van der Waals surface area contributed by atoms with Crippen molar-refractivity contribution < 1.29 is 14.6 Å². The molecule has 4 nitrogen and oxygen atoms in total. The van der Waals surface area contributed by atoms with Crippen LogP contribution in [-0.2, 0) is 22.6 Å². The number of aliphatic hydroxyl groups is 1. The van der Waals surface area contributed by atoms with Crippen molar-refractivity contribution in [1.82, 2.24) is 4.57 Å². The summed E-state index contributed by atoms with van der Waals surface area (Å²) >= 11 is 0. The number of methoxy groups -OCH3 is 1. The lowest BCUT2D eigenvalue weighted by molar-refractivity contribution is 0.0670. The number of benzene rings is 1. The SMILES string of the molecule is COCCOCCn1ccc2ccc(CO)cc21. The minimum absolute atomic E-state index is 0.0749. The number of aromatic nitrogens is 1. The zero-order chi connectivity index (χ0) is 12.8. The van der Waals surface area contributed by atoms with Crippen LogP contribution in [0.5, 0.6) is 0 Å². The van der Waals surface area contributed by atoms with Crippen molar-refractivity contribution in [3.8, 4) is 0 Å². The largest absolute Gasteiger partial charge is 0.392 e. The van der Waals surface area contributed by atoms with Gasteiger partial charge in [0.2, 0.25) is 0 Å². The van der Waals surface area contributed by atoms with Gasteiger partial charge in [-0.3, -0.25) is 0 Å². The second kappa shape index (κ2) is 6.54. The molecule has 0 radical (unpaired) electrons. The molecule has 0 saturated carbocycles. The molecular weight excluding hydrogens is 230 g/mol. The molecule has 1 N–H and O–H groups in total. The van der Waals surface area contributed by atoms with Gasteiger partial charge < -0.3 is 19.1 Å². The highest BCUT2D eigenvalue weighted by atomic mass is 16.5. The highest BCUT2D eigenvalue weighted by Gasteiger charge is 2.02. The van der Waals surface area contributed by atoms with E-state index in [2.05, 4.69) is 10.6 Å². The van der Waals surface area contributed by atoms with Gasteiger partial charge in [-0.1, -0.05) is 12.1 Å². The number of rotatable bonds is 7. The maximum atomic E-state index is 9.15. The summed E-state index contributed by atoms with van der Waals surface area (Å²) in [6.45, 7) is 2.79. The van der Waals surface area contributed by atoms with Gasteiger partial charge in [0, 0.05) is 25.4 Å². The van der Waals surface area contributed by atoms with Crippen LogP contribution in [0.1, 0.15) is 5.56 Å². The Morgan fingerprint density at radius 1 is 1.17 bits per heavy atom. The molecule has 0 fully saturated rings. The van der Waals surface area contributed by atoms with E-state index >= 15 is 0 Å². The molecule has 1 heterocycles. The van der Waals surface area contributed by atoms with Gasteiger partial charge in [0.15, 0.2) is 0 Å². The molecule has 1 aromatic carbocycles. The van der Waals surface area contributed by atoms with Crippen LogP contribution in [0.3, 0.4) is 0 Å². The first-order valence-corrected chi connectivity index (χ1v) is 6.10. The Hall–Kier alpha value is -1.36. The van der Waals surface area contributed by atoms with Gasteiger partial charge in [-0.15, -0.1) is 0 Å². The van der Waals surface area contributed by atoms with Crippen LogP contribution < -0.4 is 0 Å². The van der Waals surface area contributed by atoms with Crippen LogP contribution in [0.25, 0.3) is 10.9 Å². The Kier molecular flexibility index (Phi) is 4.75. The molecule has 0 amide bonds. The summed E-state index contributed by atoms with van der Waals surface area (Å²) in [7, 11) is 1.67. The quantitative estimate of drug-likeness (QED) is 0.761. The van der Waals surface area contributed by atoms with Crippen LogP contribution in [0.15, 0.2) is 30.5 Å². The van der Waals surface area contributed by atoms with E-state index in [1.54, 1.807) is 7.11 Å². The Morgan fingerprint density at radius 3 is 2.83 bits per heavy atom. The summed E-state index contributed by atoms with van der Waals surface area (Å²) < 4.78 is 12.5. The van der Waals surface area contributed by atoms with Gasteiger partial charge in [-0.25, -0.2) is 0 Å². The van der Waals surface area contributed by atoms with Gasteiger partial charge >= 0.3 is 0 Å². The minimum Gasteiger partial charge on any atom is -0.392 e. The molecule has 4 heteroatoms. The Labute approximate surface area is 107 Å². The highest BCUT2D eigenvalue weighted by molar-refractivity contribution is 5.80. The number of fused-ring (bicyclic) bond motifs is 1. The Bertz CT molecular complexity index is 493. The fourth-order valence-corrected chi connectivity index (χ4v) is 1.93. The van der Waals surface area contributed by atoms with E-state index in [-0.39, 0.29) is 6.61 Å².